The highest BCUT2D eigenvalue weighted by atomic mass is 16.1. The molecule has 0 N–H and O–H groups in total. The van der Waals surface area contributed by atoms with Crippen LogP contribution in [0.1, 0.15) is 28.9 Å². The van der Waals surface area contributed by atoms with E-state index >= 15 is 0 Å². The van der Waals surface area contributed by atoms with Gasteiger partial charge in [0.05, 0.1) is 0 Å². The maximum absolute atomic E-state index is 11.7. The molecular weight excluding hydrogens is 186 g/mol. The molecule has 0 saturated heterocycles. The van der Waals surface area contributed by atoms with Crippen LogP contribution in [-0.4, -0.2) is 10.8 Å². The molecule has 0 fully saturated rings. The molecule has 0 aliphatic heterocycles. The van der Waals surface area contributed by atoms with Crippen LogP contribution in [0.4, 0.5) is 0 Å². The zero-order valence-corrected chi connectivity index (χ0v) is 8.36. The van der Waals surface area contributed by atoms with E-state index in [9.17, 15) is 4.79 Å². The van der Waals surface area contributed by atoms with E-state index in [0.29, 0.717) is 12.1 Å². The third kappa shape index (κ3) is 1.25. The van der Waals surface area contributed by atoms with Crippen molar-refractivity contribution in [3.05, 3.63) is 41.7 Å². The van der Waals surface area contributed by atoms with Gasteiger partial charge in [0.2, 0.25) is 0 Å². The lowest BCUT2D eigenvalue weighted by molar-refractivity contribution is 0.0967. The molecular formula is C13H11NO. The van der Waals surface area contributed by atoms with Gasteiger partial charge in [-0.1, -0.05) is 24.3 Å². The summed E-state index contributed by atoms with van der Waals surface area (Å²) in [6.07, 6.45) is 4.40. The molecule has 1 aliphatic carbocycles. The SMILES string of the molecule is O=C1CCCc2c1ncc1ccccc21. The fourth-order valence-electron chi connectivity index (χ4n) is 2.26. The second-order valence-corrected chi connectivity index (χ2v) is 3.95. The van der Waals surface area contributed by atoms with Crippen molar-refractivity contribution in [2.75, 3.05) is 0 Å². The van der Waals surface area contributed by atoms with Crippen LogP contribution in [0.25, 0.3) is 10.8 Å². The smallest absolute Gasteiger partial charge is 0.181 e. The molecule has 1 aromatic carbocycles. The van der Waals surface area contributed by atoms with Gasteiger partial charge in [-0.3, -0.25) is 9.78 Å². The number of ketones is 1. The highest BCUT2D eigenvalue weighted by molar-refractivity contribution is 6.01. The Morgan fingerprint density at radius 3 is 2.93 bits per heavy atom. The van der Waals surface area contributed by atoms with Crippen LogP contribution < -0.4 is 0 Å². The van der Waals surface area contributed by atoms with Gasteiger partial charge in [0.25, 0.3) is 0 Å². The summed E-state index contributed by atoms with van der Waals surface area (Å²) in [5.74, 6) is 0.196. The summed E-state index contributed by atoms with van der Waals surface area (Å²) >= 11 is 0. The summed E-state index contributed by atoms with van der Waals surface area (Å²) in [6, 6.07) is 8.14. The van der Waals surface area contributed by atoms with E-state index in [4.69, 9.17) is 0 Å². The number of aromatic nitrogens is 1. The van der Waals surface area contributed by atoms with Gasteiger partial charge in [0, 0.05) is 18.0 Å². The molecule has 0 amide bonds. The summed E-state index contributed by atoms with van der Waals surface area (Å²) in [5, 5.41) is 2.32. The highest BCUT2D eigenvalue weighted by Gasteiger charge is 2.19. The monoisotopic (exact) mass is 197 g/mol. The van der Waals surface area contributed by atoms with Crippen molar-refractivity contribution in [3.8, 4) is 0 Å². The Morgan fingerprint density at radius 1 is 1.13 bits per heavy atom. The van der Waals surface area contributed by atoms with Gasteiger partial charge >= 0.3 is 0 Å². The Balaban J connectivity index is 2.38. The van der Waals surface area contributed by atoms with Crippen LogP contribution in [0.2, 0.25) is 0 Å². The Labute approximate surface area is 87.9 Å². The summed E-state index contributed by atoms with van der Waals surface area (Å²) < 4.78 is 0. The molecule has 2 heteroatoms. The lowest BCUT2D eigenvalue weighted by Gasteiger charge is -2.15. The first-order chi connectivity index (χ1) is 7.36. The van der Waals surface area contributed by atoms with Gasteiger partial charge in [-0.15, -0.1) is 0 Å². The van der Waals surface area contributed by atoms with Crippen molar-refractivity contribution in [1.29, 1.82) is 0 Å². The Hall–Kier alpha value is -1.70. The Bertz CT molecular complexity index is 545. The quantitative estimate of drug-likeness (QED) is 0.650. The molecule has 0 saturated carbocycles. The average Bonchev–Trinajstić information content (AvgIpc) is 2.29. The number of nitrogens with zero attached hydrogens (tertiary/aromatic N) is 1. The van der Waals surface area contributed by atoms with Gasteiger partial charge in [0.15, 0.2) is 5.78 Å². The molecule has 2 aromatic rings. The number of benzene rings is 1. The minimum absolute atomic E-state index is 0.196. The lowest BCUT2D eigenvalue weighted by atomic mass is 9.91. The van der Waals surface area contributed by atoms with Gasteiger partial charge in [0.1, 0.15) is 5.69 Å². The minimum atomic E-state index is 0.196. The van der Waals surface area contributed by atoms with Crippen LogP contribution >= 0.6 is 0 Å². The summed E-state index contributed by atoms with van der Waals surface area (Å²) in [4.78, 5) is 15.9. The van der Waals surface area contributed by atoms with E-state index in [2.05, 4.69) is 11.1 Å². The number of aryl methyl sites for hydroxylation is 1. The molecule has 74 valence electrons. The first-order valence-electron chi connectivity index (χ1n) is 5.26. The molecule has 0 spiro atoms. The predicted molar refractivity (Wildman–Crippen MR) is 59.0 cm³/mol. The number of Topliss-reactive ketones (excluding diaryl/α,β-unsaturated/α-hetero) is 1. The number of hydrogen-bond acceptors (Lipinski definition) is 2. The largest absolute Gasteiger partial charge is 0.292 e. The number of pyridine rings is 1. The number of carbonyl (C=O) groups is 1. The lowest BCUT2D eigenvalue weighted by Crippen LogP contribution is -2.13. The van der Waals surface area contributed by atoms with Gasteiger partial charge in [-0.25, -0.2) is 0 Å². The first-order valence-corrected chi connectivity index (χ1v) is 5.26. The normalized spacial score (nSPS) is 15.3. The van der Waals surface area contributed by atoms with E-state index < -0.39 is 0 Å². The van der Waals surface area contributed by atoms with Crippen molar-refractivity contribution < 1.29 is 4.79 Å². The minimum Gasteiger partial charge on any atom is -0.292 e. The van der Waals surface area contributed by atoms with E-state index in [1.807, 2.05) is 18.2 Å². The van der Waals surface area contributed by atoms with Crippen molar-refractivity contribution in [3.63, 3.8) is 0 Å². The first kappa shape index (κ1) is 8.60. The van der Waals surface area contributed by atoms with Crippen molar-refractivity contribution in [1.82, 2.24) is 4.98 Å². The van der Waals surface area contributed by atoms with Crippen molar-refractivity contribution in [2.45, 2.75) is 19.3 Å². The number of carbonyl (C=O) groups excluding carboxylic acids is 1. The summed E-state index contributed by atoms with van der Waals surface area (Å²) in [5.41, 5.74) is 1.84. The molecule has 1 aliphatic rings. The molecule has 0 atom stereocenters. The zero-order chi connectivity index (χ0) is 10.3. The fourth-order valence-corrected chi connectivity index (χ4v) is 2.26. The highest BCUT2D eigenvalue weighted by Crippen LogP contribution is 2.26. The second kappa shape index (κ2) is 3.16. The number of hydrogen-bond donors (Lipinski definition) is 0. The zero-order valence-electron chi connectivity index (χ0n) is 8.36. The maximum atomic E-state index is 11.7. The number of fused-ring (bicyclic) bond motifs is 3. The average molecular weight is 197 g/mol. The van der Waals surface area contributed by atoms with Crippen LogP contribution in [0.5, 0.6) is 0 Å². The summed E-state index contributed by atoms with van der Waals surface area (Å²) in [7, 11) is 0. The van der Waals surface area contributed by atoms with E-state index in [0.717, 1.165) is 23.8 Å². The fraction of sp³-hybridized carbons (Fsp3) is 0.231. The second-order valence-electron chi connectivity index (χ2n) is 3.95. The van der Waals surface area contributed by atoms with Gasteiger partial charge in [-0.2, -0.15) is 0 Å². The molecule has 2 nitrogen and oxygen atoms in total. The molecule has 15 heavy (non-hydrogen) atoms. The molecule has 0 bridgehead atoms. The third-order valence-electron chi connectivity index (χ3n) is 3.00. The maximum Gasteiger partial charge on any atom is 0.181 e. The van der Waals surface area contributed by atoms with Crippen LogP contribution in [0.3, 0.4) is 0 Å². The Kier molecular flexibility index (Phi) is 1.81. The molecule has 0 unspecified atom stereocenters. The standard InChI is InChI=1S/C13H11NO/c15-12-7-3-6-11-10-5-2-1-4-9(10)8-14-13(11)12/h1-2,4-5,8H,3,6-7H2. The number of rotatable bonds is 0. The third-order valence-corrected chi connectivity index (χ3v) is 3.00. The van der Waals surface area contributed by atoms with Gasteiger partial charge in [-0.05, 0) is 23.8 Å². The van der Waals surface area contributed by atoms with Crippen LogP contribution in [0.15, 0.2) is 30.5 Å². The Morgan fingerprint density at radius 2 is 2.00 bits per heavy atom. The molecule has 1 aromatic heterocycles. The topological polar surface area (TPSA) is 30.0 Å². The molecule has 0 radical (unpaired) electrons. The van der Waals surface area contributed by atoms with E-state index in [1.165, 1.54) is 5.39 Å². The van der Waals surface area contributed by atoms with Crippen LogP contribution in [-0.2, 0) is 6.42 Å². The molecule has 3 rings (SSSR count). The van der Waals surface area contributed by atoms with Crippen LogP contribution in [0, 0.1) is 0 Å². The summed E-state index contributed by atoms with van der Waals surface area (Å²) in [6.45, 7) is 0. The molecule has 1 heterocycles. The van der Waals surface area contributed by atoms with Crippen molar-refractivity contribution >= 4 is 16.6 Å². The van der Waals surface area contributed by atoms with E-state index in [1.54, 1.807) is 6.20 Å². The van der Waals surface area contributed by atoms with Crippen molar-refractivity contribution in [2.24, 2.45) is 0 Å². The van der Waals surface area contributed by atoms with E-state index in [-0.39, 0.29) is 5.78 Å². The van der Waals surface area contributed by atoms with Gasteiger partial charge < -0.3 is 0 Å². The predicted octanol–water partition coefficient (Wildman–Crippen LogP) is 2.75.